The number of rotatable bonds is 4. The molecule has 1 aromatic rings. The molecule has 0 unspecified atom stereocenters. The third-order valence-corrected chi connectivity index (χ3v) is 5.43. The van der Waals surface area contributed by atoms with Crippen molar-refractivity contribution in [2.75, 3.05) is 32.5 Å². The zero-order chi connectivity index (χ0) is 14.8. The predicted octanol–water partition coefficient (Wildman–Crippen LogP) is 0.431. The largest absolute Gasteiger partial charge is 0.398 e. The van der Waals surface area contributed by atoms with Crippen molar-refractivity contribution >= 4 is 15.7 Å². The van der Waals surface area contributed by atoms with E-state index < -0.39 is 15.6 Å². The highest BCUT2D eigenvalue weighted by Crippen LogP contribution is 2.26. The highest BCUT2D eigenvalue weighted by Gasteiger charge is 2.35. The van der Waals surface area contributed by atoms with Gasteiger partial charge in [0.2, 0.25) is 10.0 Å². The average molecular weight is 300 g/mol. The summed E-state index contributed by atoms with van der Waals surface area (Å²) in [5, 5.41) is 10.4. The Morgan fingerprint density at radius 2 is 1.95 bits per heavy atom. The number of nitrogen functional groups attached to an aromatic ring is 1. The van der Waals surface area contributed by atoms with Crippen molar-refractivity contribution in [1.82, 2.24) is 4.31 Å². The Bertz CT molecular complexity index is 567. The van der Waals surface area contributed by atoms with E-state index in [2.05, 4.69) is 0 Å². The molecule has 0 aromatic heterocycles. The van der Waals surface area contributed by atoms with E-state index in [0.29, 0.717) is 26.1 Å². The molecule has 0 saturated carbocycles. The zero-order valence-electron chi connectivity index (χ0n) is 11.4. The van der Waals surface area contributed by atoms with E-state index >= 15 is 0 Å². The smallest absolute Gasteiger partial charge is 0.244 e. The van der Waals surface area contributed by atoms with E-state index in [-0.39, 0.29) is 17.1 Å². The summed E-state index contributed by atoms with van der Waals surface area (Å²) in [6.45, 7) is 0.919. The number of nitrogens with two attached hydrogens (primary N) is 1. The Morgan fingerprint density at radius 3 is 2.55 bits per heavy atom. The molecule has 1 aliphatic rings. The van der Waals surface area contributed by atoms with Crippen LogP contribution in [0, 0.1) is 0 Å². The maximum absolute atomic E-state index is 12.5. The van der Waals surface area contributed by atoms with Gasteiger partial charge in [0, 0.05) is 39.6 Å². The molecule has 0 radical (unpaired) electrons. The van der Waals surface area contributed by atoms with Crippen LogP contribution < -0.4 is 5.73 Å². The fraction of sp³-hybridized carbons (Fsp3) is 0.538. The zero-order valence-corrected chi connectivity index (χ0v) is 12.3. The fourth-order valence-electron chi connectivity index (χ4n) is 2.29. The van der Waals surface area contributed by atoms with Gasteiger partial charge < -0.3 is 15.6 Å². The summed E-state index contributed by atoms with van der Waals surface area (Å²) in [7, 11) is -2.25. The minimum absolute atomic E-state index is 0.0347. The Kier molecular flexibility index (Phi) is 4.33. The molecule has 1 aromatic carbocycles. The van der Waals surface area contributed by atoms with Crippen LogP contribution in [0.3, 0.4) is 0 Å². The van der Waals surface area contributed by atoms with E-state index in [4.69, 9.17) is 10.5 Å². The molecule has 1 heterocycles. The van der Waals surface area contributed by atoms with E-state index in [1.54, 1.807) is 18.2 Å². The molecule has 1 aliphatic heterocycles. The van der Waals surface area contributed by atoms with Crippen molar-refractivity contribution in [3.8, 4) is 0 Å². The molecule has 2 rings (SSSR count). The number of para-hydroxylation sites is 1. The Balaban J connectivity index is 2.19. The number of anilines is 1. The van der Waals surface area contributed by atoms with Crippen molar-refractivity contribution in [3.05, 3.63) is 24.3 Å². The number of likely N-dealkylation sites (N-methyl/N-ethyl adjacent to an activating group) is 1. The lowest BCUT2D eigenvalue weighted by Gasteiger charge is -2.35. The van der Waals surface area contributed by atoms with Crippen LogP contribution in [0.1, 0.15) is 12.8 Å². The van der Waals surface area contributed by atoms with Crippen LogP contribution in [0.25, 0.3) is 0 Å². The molecule has 20 heavy (non-hydrogen) atoms. The van der Waals surface area contributed by atoms with Crippen LogP contribution in [0.2, 0.25) is 0 Å². The Morgan fingerprint density at radius 1 is 1.35 bits per heavy atom. The fourth-order valence-corrected chi connectivity index (χ4v) is 3.65. The molecule has 0 amide bonds. The van der Waals surface area contributed by atoms with Gasteiger partial charge in [-0.25, -0.2) is 8.42 Å². The number of sulfonamides is 1. The molecule has 0 bridgehead atoms. The lowest BCUT2D eigenvalue weighted by Crippen LogP contribution is -2.47. The first-order valence-electron chi connectivity index (χ1n) is 6.46. The molecule has 3 N–H and O–H groups in total. The van der Waals surface area contributed by atoms with E-state index in [1.165, 1.54) is 13.1 Å². The number of hydrogen-bond acceptors (Lipinski definition) is 5. The van der Waals surface area contributed by atoms with Crippen molar-refractivity contribution in [3.63, 3.8) is 0 Å². The maximum Gasteiger partial charge on any atom is 0.244 e. The molecule has 1 fully saturated rings. The van der Waals surface area contributed by atoms with Crippen LogP contribution in [0.15, 0.2) is 29.2 Å². The van der Waals surface area contributed by atoms with Gasteiger partial charge in [-0.15, -0.1) is 0 Å². The first kappa shape index (κ1) is 15.2. The Hall–Kier alpha value is -1.15. The van der Waals surface area contributed by atoms with Crippen molar-refractivity contribution in [2.45, 2.75) is 23.3 Å². The van der Waals surface area contributed by atoms with Gasteiger partial charge in [0.1, 0.15) is 4.90 Å². The minimum Gasteiger partial charge on any atom is -0.398 e. The summed E-state index contributed by atoms with van der Waals surface area (Å²) in [6, 6.07) is 6.32. The summed E-state index contributed by atoms with van der Waals surface area (Å²) < 4.78 is 31.3. The highest BCUT2D eigenvalue weighted by molar-refractivity contribution is 7.89. The van der Waals surface area contributed by atoms with E-state index in [0.717, 1.165) is 4.31 Å². The topological polar surface area (TPSA) is 92.9 Å². The lowest BCUT2D eigenvalue weighted by atomic mass is 9.95. The third-order valence-electron chi connectivity index (χ3n) is 3.55. The standard InChI is InChI=1S/C13H20N2O4S/c1-15(10-13(16)6-8-19-9-7-13)20(17,18)12-5-3-2-4-11(12)14/h2-5,16H,6-10,14H2,1H3. The van der Waals surface area contributed by atoms with Gasteiger partial charge in [0.15, 0.2) is 0 Å². The molecular weight excluding hydrogens is 280 g/mol. The number of benzene rings is 1. The first-order chi connectivity index (χ1) is 9.35. The summed E-state index contributed by atoms with van der Waals surface area (Å²) in [6.07, 6.45) is 0.855. The SMILES string of the molecule is CN(CC1(O)CCOCC1)S(=O)(=O)c1ccccc1N. The second-order valence-electron chi connectivity index (χ2n) is 5.14. The lowest BCUT2D eigenvalue weighted by molar-refractivity contribution is -0.0689. The number of nitrogens with zero attached hydrogens (tertiary/aromatic N) is 1. The summed E-state index contributed by atoms with van der Waals surface area (Å²) >= 11 is 0. The van der Waals surface area contributed by atoms with Gasteiger partial charge in [-0.3, -0.25) is 0 Å². The molecule has 6 nitrogen and oxygen atoms in total. The monoisotopic (exact) mass is 300 g/mol. The van der Waals surface area contributed by atoms with Crippen LogP contribution in [0.4, 0.5) is 5.69 Å². The molecule has 7 heteroatoms. The number of aliphatic hydroxyl groups is 1. The molecule has 112 valence electrons. The van der Waals surface area contributed by atoms with Crippen molar-refractivity contribution in [2.24, 2.45) is 0 Å². The van der Waals surface area contributed by atoms with Gasteiger partial charge in [-0.1, -0.05) is 12.1 Å². The first-order valence-corrected chi connectivity index (χ1v) is 7.90. The number of hydrogen-bond donors (Lipinski definition) is 2. The van der Waals surface area contributed by atoms with Gasteiger partial charge in [-0.05, 0) is 12.1 Å². The minimum atomic E-state index is -3.70. The van der Waals surface area contributed by atoms with Crippen molar-refractivity contribution < 1.29 is 18.3 Å². The van der Waals surface area contributed by atoms with Crippen LogP contribution in [-0.4, -0.2) is 50.2 Å². The van der Waals surface area contributed by atoms with Crippen LogP contribution in [-0.2, 0) is 14.8 Å². The second-order valence-corrected chi connectivity index (χ2v) is 7.15. The third kappa shape index (κ3) is 3.12. The van der Waals surface area contributed by atoms with Crippen LogP contribution >= 0.6 is 0 Å². The van der Waals surface area contributed by atoms with E-state index in [9.17, 15) is 13.5 Å². The summed E-state index contributed by atoms with van der Waals surface area (Å²) in [4.78, 5) is 0.0677. The maximum atomic E-state index is 12.5. The second kappa shape index (κ2) is 5.69. The molecular formula is C13H20N2O4S. The van der Waals surface area contributed by atoms with Crippen LogP contribution in [0.5, 0.6) is 0 Å². The Labute approximate surface area is 119 Å². The van der Waals surface area contributed by atoms with Gasteiger partial charge >= 0.3 is 0 Å². The van der Waals surface area contributed by atoms with Gasteiger partial charge in [0.25, 0.3) is 0 Å². The quantitative estimate of drug-likeness (QED) is 0.787. The summed E-state index contributed by atoms with van der Waals surface area (Å²) in [5.41, 5.74) is 4.89. The average Bonchev–Trinajstić information content (AvgIpc) is 2.39. The normalized spacial score (nSPS) is 19.1. The molecule has 1 saturated heterocycles. The van der Waals surface area contributed by atoms with Gasteiger partial charge in [-0.2, -0.15) is 4.31 Å². The highest BCUT2D eigenvalue weighted by atomic mass is 32.2. The number of ether oxygens (including phenoxy) is 1. The molecule has 0 aliphatic carbocycles. The van der Waals surface area contributed by atoms with E-state index in [1.807, 2.05) is 0 Å². The molecule has 0 atom stereocenters. The van der Waals surface area contributed by atoms with Gasteiger partial charge in [0.05, 0.1) is 11.3 Å². The predicted molar refractivity (Wildman–Crippen MR) is 75.7 cm³/mol. The summed E-state index contributed by atoms with van der Waals surface area (Å²) in [5.74, 6) is 0. The molecule has 0 spiro atoms. The van der Waals surface area contributed by atoms with Crippen molar-refractivity contribution in [1.29, 1.82) is 0 Å².